The van der Waals surface area contributed by atoms with Gasteiger partial charge in [0.2, 0.25) is 0 Å². The van der Waals surface area contributed by atoms with Crippen molar-refractivity contribution in [3.63, 3.8) is 0 Å². The van der Waals surface area contributed by atoms with Gasteiger partial charge < -0.3 is 10.00 Å². The summed E-state index contributed by atoms with van der Waals surface area (Å²) >= 11 is 5.08. The molecule has 2 atom stereocenters. The molecule has 6 heteroatoms. The Balaban J connectivity index is 0. The van der Waals surface area contributed by atoms with Gasteiger partial charge in [-0.1, -0.05) is 4.57 Å². The van der Waals surface area contributed by atoms with Gasteiger partial charge in [-0.05, 0) is 0 Å². The SMILES string of the molecule is O=[P+]([O-])CC(O)CCl.[Na+]. The van der Waals surface area contributed by atoms with E-state index in [4.69, 9.17) is 16.7 Å². The third kappa shape index (κ3) is 9.31. The molecule has 0 aliphatic heterocycles. The van der Waals surface area contributed by atoms with Crippen molar-refractivity contribution in [2.45, 2.75) is 6.10 Å². The minimum atomic E-state index is -2.48. The minimum Gasteiger partial charge on any atom is -0.595 e. The van der Waals surface area contributed by atoms with Gasteiger partial charge in [0, 0.05) is 0 Å². The monoisotopic (exact) mass is 179 g/mol. The van der Waals surface area contributed by atoms with E-state index in [1.807, 2.05) is 0 Å². The molecule has 0 bridgehead atoms. The van der Waals surface area contributed by atoms with Crippen molar-refractivity contribution >= 4 is 19.6 Å². The van der Waals surface area contributed by atoms with Crippen LogP contribution in [0.25, 0.3) is 0 Å². The van der Waals surface area contributed by atoms with Gasteiger partial charge >= 0.3 is 37.6 Å². The minimum absolute atomic E-state index is 0. The predicted molar refractivity (Wildman–Crippen MR) is 29.2 cm³/mol. The summed E-state index contributed by atoms with van der Waals surface area (Å²) in [6, 6.07) is 0. The Labute approximate surface area is 81.6 Å². The molecule has 0 saturated heterocycles. The van der Waals surface area contributed by atoms with E-state index in [-0.39, 0.29) is 41.6 Å². The van der Waals surface area contributed by atoms with Crippen molar-refractivity contribution in [3.05, 3.63) is 0 Å². The van der Waals surface area contributed by atoms with Crippen molar-refractivity contribution in [1.29, 1.82) is 0 Å². The van der Waals surface area contributed by atoms with Crippen LogP contribution in [0.3, 0.4) is 0 Å². The standard InChI is InChI=1S/C3H6ClO3P.Na/c4-1-3(5)2-8(6)7;/h3,5H,1-2H2;/q;+1. The van der Waals surface area contributed by atoms with E-state index < -0.39 is 14.1 Å². The zero-order valence-corrected chi connectivity index (χ0v) is 8.73. The van der Waals surface area contributed by atoms with Gasteiger partial charge in [-0.2, -0.15) is 0 Å². The number of aliphatic hydroxyl groups excluding tert-OH is 1. The number of hydrogen-bond donors (Lipinski definition) is 1. The third-order valence-electron chi connectivity index (χ3n) is 0.538. The van der Waals surface area contributed by atoms with Crippen molar-refractivity contribution in [1.82, 2.24) is 0 Å². The summed E-state index contributed by atoms with van der Waals surface area (Å²) in [5, 5.41) is 8.51. The van der Waals surface area contributed by atoms with E-state index in [9.17, 15) is 9.46 Å². The molecule has 1 N–H and O–H groups in total. The Hall–Kier alpha value is 1.31. The van der Waals surface area contributed by atoms with Crippen molar-refractivity contribution in [2.75, 3.05) is 12.0 Å². The number of alkyl halides is 1. The summed E-state index contributed by atoms with van der Waals surface area (Å²) < 4.78 is 9.79. The van der Waals surface area contributed by atoms with Gasteiger partial charge in [0.05, 0.1) is 5.88 Å². The van der Waals surface area contributed by atoms with Crippen LogP contribution in [0.15, 0.2) is 0 Å². The molecule has 0 amide bonds. The summed E-state index contributed by atoms with van der Waals surface area (Å²) in [6.07, 6.45) is -1.14. The second kappa shape index (κ2) is 7.42. The van der Waals surface area contributed by atoms with Crippen LogP contribution >= 0.6 is 19.6 Å². The summed E-state index contributed by atoms with van der Waals surface area (Å²) in [7, 11) is -2.48. The van der Waals surface area contributed by atoms with Crippen LogP contribution in [0, 0.1) is 0 Å². The zero-order chi connectivity index (χ0) is 6.57. The van der Waals surface area contributed by atoms with Crippen molar-refractivity contribution in [2.24, 2.45) is 0 Å². The maximum absolute atomic E-state index is 9.79. The molecule has 0 aromatic carbocycles. The Morgan fingerprint density at radius 1 is 1.78 bits per heavy atom. The molecule has 48 valence electrons. The first-order chi connectivity index (χ1) is 3.66. The van der Waals surface area contributed by atoms with Crippen LogP contribution in [0.2, 0.25) is 0 Å². The number of aliphatic hydroxyl groups is 1. The summed E-state index contributed by atoms with van der Waals surface area (Å²) in [6.45, 7) is 0. The molecule has 0 heterocycles. The van der Waals surface area contributed by atoms with Gasteiger partial charge in [-0.3, -0.25) is 0 Å². The molecule has 0 saturated carbocycles. The van der Waals surface area contributed by atoms with E-state index >= 15 is 0 Å². The summed E-state index contributed by atoms with van der Waals surface area (Å²) in [5.74, 6) is -0.0245. The Kier molecular flexibility index (Phi) is 10.7. The molecule has 0 rings (SSSR count). The Morgan fingerprint density at radius 3 is 2.33 bits per heavy atom. The molecular weight excluding hydrogens is 173 g/mol. The Bertz CT molecular complexity index is 91.1. The smallest absolute Gasteiger partial charge is 0.595 e. The van der Waals surface area contributed by atoms with Crippen LogP contribution in [0.4, 0.5) is 0 Å². The molecule has 0 fully saturated rings. The number of rotatable bonds is 3. The first-order valence-electron chi connectivity index (χ1n) is 2.02. The molecular formula is C3H6ClNaO3P+. The fraction of sp³-hybridized carbons (Fsp3) is 1.00. The molecule has 3 nitrogen and oxygen atoms in total. The molecule has 0 spiro atoms. The van der Waals surface area contributed by atoms with Gasteiger partial charge in [0.25, 0.3) is 0 Å². The fourth-order valence-corrected chi connectivity index (χ4v) is 0.955. The normalized spacial score (nSPS) is 13.9. The third-order valence-corrected chi connectivity index (χ3v) is 1.61. The second-order valence-electron chi connectivity index (χ2n) is 1.32. The molecule has 0 radical (unpaired) electrons. The van der Waals surface area contributed by atoms with E-state index in [1.54, 1.807) is 0 Å². The average molecular weight is 179 g/mol. The van der Waals surface area contributed by atoms with Crippen molar-refractivity contribution in [3.8, 4) is 0 Å². The number of hydrogen-bond acceptors (Lipinski definition) is 3. The second-order valence-corrected chi connectivity index (χ2v) is 2.66. The largest absolute Gasteiger partial charge is 1.00 e. The summed E-state index contributed by atoms with van der Waals surface area (Å²) in [5.41, 5.74) is 0. The molecule has 2 unspecified atom stereocenters. The van der Waals surface area contributed by atoms with Gasteiger partial charge in [-0.15, -0.1) is 11.6 Å². The molecule has 0 aromatic heterocycles. The van der Waals surface area contributed by atoms with Crippen LogP contribution in [0.1, 0.15) is 0 Å². The molecule has 9 heavy (non-hydrogen) atoms. The van der Waals surface area contributed by atoms with E-state index in [0.717, 1.165) is 0 Å². The summed E-state index contributed by atoms with van der Waals surface area (Å²) in [4.78, 5) is 9.79. The van der Waals surface area contributed by atoms with Crippen LogP contribution < -0.4 is 34.5 Å². The molecule has 0 aliphatic carbocycles. The van der Waals surface area contributed by atoms with E-state index in [2.05, 4.69) is 0 Å². The Morgan fingerprint density at radius 2 is 2.22 bits per heavy atom. The van der Waals surface area contributed by atoms with Gasteiger partial charge in [0.15, 0.2) is 6.16 Å². The average Bonchev–Trinajstić information content (AvgIpc) is 1.65. The van der Waals surface area contributed by atoms with Crippen LogP contribution in [-0.4, -0.2) is 23.3 Å². The maximum Gasteiger partial charge on any atom is 1.00 e. The first-order valence-corrected chi connectivity index (χ1v) is 3.92. The maximum atomic E-state index is 9.79. The van der Waals surface area contributed by atoms with Crippen LogP contribution in [0.5, 0.6) is 0 Å². The van der Waals surface area contributed by atoms with Gasteiger partial charge in [0.1, 0.15) is 6.10 Å². The van der Waals surface area contributed by atoms with Crippen molar-refractivity contribution < 1.29 is 44.1 Å². The number of halogens is 1. The quantitative estimate of drug-likeness (QED) is 0.280. The first kappa shape index (κ1) is 12.9. The van der Waals surface area contributed by atoms with E-state index in [1.165, 1.54) is 0 Å². The van der Waals surface area contributed by atoms with Gasteiger partial charge in [-0.25, -0.2) is 0 Å². The predicted octanol–water partition coefficient (Wildman–Crippen LogP) is -3.31. The van der Waals surface area contributed by atoms with Crippen LogP contribution in [-0.2, 0) is 4.57 Å². The fourth-order valence-electron chi connectivity index (χ4n) is 0.221. The molecule has 0 aromatic rings. The molecule has 0 aliphatic rings. The topological polar surface area (TPSA) is 60.4 Å². The zero-order valence-electron chi connectivity index (χ0n) is 5.08. The van der Waals surface area contributed by atoms with E-state index in [0.29, 0.717) is 0 Å².